The third kappa shape index (κ3) is 4.57. The molecule has 0 radical (unpaired) electrons. The number of likely N-dealkylation sites (N-methyl/N-ethyl adjacent to an activating group) is 1. The fourth-order valence-electron chi connectivity index (χ4n) is 3.60. The Kier molecular flexibility index (Phi) is 5.77. The zero-order valence-corrected chi connectivity index (χ0v) is 16.6. The maximum Gasteiger partial charge on any atom is 0.321 e. The Bertz CT molecular complexity index is 869. The van der Waals surface area contributed by atoms with Gasteiger partial charge in [-0.25, -0.2) is 4.79 Å². The molecule has 29 heavy (non-hydrogen) atoms. The van der Waals surface area contributed by atoms with Crippen LogP contribution >= 0.6 is 0 Å². The van der Waals surface area contributed by atoms with Crippen LogP contribution in [-0.4, -0.2) is 71.7 Å². The first kappa shape index (κ1) is 19.4. The quantitative estimate of drug-likeness (QED) is 0.610. The molecular weight excluding hydrogens is 370 g/mol. The Morgan fingerprint density at radius 2 is 1.90 bits per heavy atom. The second kappa shape index (κ2) is 8.62. The molecule has 0 bridgehead atoms. The van der Waals surface area contributed by atoms with Gasteiger partial charge in [-0.2, -0.15) is 5.10 Å². The van der Waals surface area contributed by atoms with E-state index in [4.69, 9.17) is 0 Å². The van der Waals surface area contributed by atoms with Gasteiger partial charge in [-0.1, -0.05) is 12.1 Å². The van der Waals surface area contributed by atoms with Gasteiger partial charge in [-0.3, -0.25) is 9.89 Å². The predicted octanol–water partition coefficient (Wildman–Crippen LogP) is 0.765. The van der Waals surface area contributed by atoms with Crippen LogP contribution in [-0.2, 0) is 19.5 Å². The zero-order chi connectivity index (χ0) is 20.2. The minimum atomic E-state index is -0.182. The van der Waals surface area contributed by atoms with Gasteiger partial charge in [0.2, 0.25) is 0 Å². The molecule has 0 unspecified atom stereocenters. The van der Waals surface area contributed by atoms with Crippen LogP contribution in [0, 0.1) is 0 Å². The van der Waals surface area contributed by atoms with Gasteiger partial charge in [0, 0.05) is 69.2 Å². The number of nitrogens with zero attached hydrogens (tertiary/aromatic N) is 3. The number of hydrogen-bond donors (Lipinski definition) is 4. The Morgan fingerprint density at radius 3 is 2.66 bits per heavy atom. The summed E-state index contributed by atoms with van der Waals surface area (Å²) in [6, 6.07) is 7.45. The summed E-state index contributed by atoms with van der Waals surface area (Å²) in [4.78, 5) is 28.9. The van der Waals surface area contributed by atoms with Crippen molar-refractivity contribution >= 4 is 17.6 Å². The number of piperazine rings is 1. The SMILES string of the molecule is CN1CCN(C(=O)Nc2ccc(CNC(=O)c3n[nH]c4c3CNCC4)cc2)CC1. The normalized spacial score (nSPS) is 16.9. The Morgan fingerprint density at radius 1 is 1.14 bits per heavy atom. The van der Waals surface area contributed by atoms with Gasteiger partial charge in [0.15, 0.2) is 5.69 Å². The van der Waals surface area contributed by atoms with Gasteiger partial charge in [0.05, 0.1) is 0 Å². The van der Waals surface area contributed by atoms with Gasteiger partial charge < -0.3 is 25.8 Å². The maximum atomic E-state index is 12.5. The number of H-pyrrole nitrogens is 1. The molecule has 0 spiro atoms. The molecule has 1 aromatic heterocycles. The molecule has 2 aromatic rings. The van der Waals surface area contributed by atoms with Crippen molar-refractivity contribution in [1.82, 2.24) is 30.6 Å². The lowest BCUT2D eigenvalue weighted by molar-refractivity contribution is 0.0944. The van der Waals surface area contributed by atoms with Crippen molar-refractivity contribution in [2.45, 2.75) is 19.5 Å². The highest BCUT2D eigenvalue weighted by Gasteiger charge is 2.21. The third-order valence-corrected chi connectivity index (χ3v) is 5.47. The van der Waals surface area contributed by atoms with Crippen molar-refractivity contribution in [2.24, 2.45) is 0 Å². The minimum absolute atomic E-state index is 0.0731. The van der Waals surface area contributed by atoms with E-state index in [2.05, 4.69) is 38.1 Å². The van der Waals surface area contributed by atoms with Crippen LogP contribution < -0.4 is 16.0 Å². The molecular formula is C20H27N7O2. The summed E-state index contributed by atoms with van der Waals surface area (Å²) in [5, 5.41) is 16.3. The number of aromatic amines is 1. The lowest BCUT2D eigenvalue weighted by Crippen LogP contribution is -2.48. The number of rotatable bonds is 4. The van der Waals surface area contributed by atoms with Crippen molar-refractivity contribution in [1.29, 1.82) is 0 Å². The summed E-state index contributed by atoms with van der Waals surface area (Å²) >= 11 is 0. The van der Waals surface area contributed by atoms with Crippen molar-refractivity contribution in [3.8, 4) is 0 Å². The molecule has 4 N–H and O–H groups in total. The predicted molar refractivity (Wildman–Crippen MR) is 110 cm³/mol. The highest BCUT2D eigenvalue weighted by molar-refractivity contribution is 5.94. The number of hydrogen-bond acceptors (Lipinski definition) is 5. The summed E-state index contributed by atoms with van der Waals surface area (Å²) in [7, 11) is 2.06. The topological polar surface area (TPSA) is 105 Å². The Hall–Kier alpha value is -2.91. The molecule has 1 saturated heterocycles. The number of aromatic nitrogens is 2. The second-order valence-corrected chi connectivity index (χ2v) is 7.56. The van der Waals surface area contributed by atoms with Crippen LogP contribution in [0.4, 0.5) is 10.5 Å². The van der Waals surface area contributed by atoms with Crippen LogP contribution in [0.2, 0.25) is 0 Å². The molecule has 1 aromatic carbocycles. The first-order valence-corrected chi connectivity index (χ1v) is 9.98. The van der Waals surface area contributed by atoms with E-state index in [1.54, 1.807) is 0 Å². The van der Waals surface area contributed by atoms with Gasteiger partial charge >= 0.3 is 6.03 Å². The highest BCUT2D eigenvalue weighted by atomic mass is 16.2. The number of carbonyl (C=O) groups is 2. The number of anilines is 1. The molecule has 3 amide bonds. The largest absolute Gasteiger partial charge is 0.347 e. The number of amides is 3. The highest BCUT2D eigenvalue weighted by Crippen LogP contribution is 2.16. The van der Waals surface area contributed by atoms with Crippen molar-refractivity contribution in [3.63, 3.8) is 0 Å². The number of urea groups is 1. The first-order valence-electron chi connectivity index (χ1n) is 9.98. The summed E-state index contributed by atoms with van der Waals surface area (Å²) in [5.41, 5.74) is 4.16. The van der Waals surface area contributed by atoms with Crippen LogP contribution in [0.25, 0.3) is 0 Å². The van der Waals surface area contributed by atoms with Gasteiger partial charge in [0.25, 0.3) is 5.91 Å². The van der Waals surface area contributed by atoms with E-state index >= 15 is 0 Å². The zero-order valence-electron chi connectivity index (χ0n) is 16.6. The van der Waals surface area contributed by atoms with Crippen LogP contribution in [0.1, 0.15) is 27.3 Å². The van der Waals surface area contributed by atoms with Crippen LogP contribution in [0.5, 0.6) is 0 Å². The number of nitrogens with one attached hydrogen (secondary N) is 4. The average molecular weight is 397 g/mol. The average Bonchev–Trinajstić information content (AvgIpc) is 3.18. The van der Waals surface area contributed by atoms with Gasteiger partial charge in [-0.15, -0.1) is 0 Å². The molecule has 0 aliphatic carbocycles. The molecule has 4 rings (SSSR count). The van der Waals surface area contributed by atoms with Gasteiger partial charge in [-0.05, 0) is 24.7 Å². The minimum Gasteiger partial charge on any atom is -0.347 e. The van der Waals surface area contributed by atoms with E-state index in [-0.39, 0.29) is 11.9 Å². The van der Waals surface area contributed by atoms with E-state index in [0.717, 1.165) is 61.7 Å². The Balaban J connectivity index is 1.29. The molecule has 1 fully saturated rings. The summed E-state index contributed by atoms with van der Waals surface area (Å²) in [6.07, 6.45) is 0.858. The van der Waals surface area contributed by atoms with E-state index < -0.39 is 0 Å². The lowest BCUT2D eigenvalue weighted by Gasteiger charge is -2.32. The fraction of sp³-hybridized carbons (Fsp3) is 0.450. The van der Waals surface area contributed by atoms with Crippen molar-refractivity contribution < 1.29 is 9.59 Å². The van der Waals surface area contributed by atoms with Crippen LogP contribution in [0.3, 0.4) is 0 Å². The summed E-state index contributed by atoms with van der Waals surface area (Å²) in [5.74, 6) is -0.182. The summed E-state index contributed by atoms with van der Waals surface area (Å²) in [6.45, 7) is 5.21. The van der Waals surface area contributed by atoms with E-state index in [1.165, 1.54) is 0 Å². The van der Waals surface area contributed by atoms with E-state index in [1.807, 2.05) is 29.2 Å². The molecule has 2 aliphatic heterocycles. The number of fused-ring (bicyclic) bond motifs is 1. The molecule has 3 heterocycles. The first-order chi connectivity index (χ1) is 14.1. The van der Waals surface area contributed by atoms with E-state index in [0.29, 0.717) is 18.8 Å². The number of benzene rings is 1. The smallest absolute Gasteiger partial charge is 0.321 e. The molecule has 0 atom stereocenters. The van der Waals surface area contributed by atoms with E-state index in [9.17, 15) is 9.59 Å². The lowest BCUT2D eigenvalue weighted by atomic mass is 10.1. The second-order valence-electron chi connectivity index (χ2n) is 7.56. The fourth-order valence-corrected chi connectivity index (χ4v) is 3.60. The van der Waals surface area contributed by atoms with Crippen molar-refractivity contribution in [3.05, 3.63) is 46.8 Å². The van der Waals surface area contributed by atoms with Crippen LogP contribution in [0.15, 0.2) is 24.3 Å². The standard InChI is InChI=1S/C20H27N7O2/c1-26-8-10-27(11-9-26)20(29)23-15-4-2-14(3-5-15)12-22-19(28)18-16-13-21-7-6-17(16)24-25-18/h2-5,21H,6-13H2,1H3,(H,22,28)(H,23,29)(H,24,25). The molecule has 9 heteroatoms. The maximum absolute atomic E-state index is 12.5. The third-order valence-electron chi connectivity index (χ3n) is 5.47. The summed E-state index contributed by atoms with van der Waals surface area (Å²) < 4.78 is 0. The number of carbonyl (C=O) groups excluding carboxylic acids is 2. The molecule has 0 saturated carbocycles. The molecule has 154 valence electrons. The van der Waals surface area contributed by atoms with Gasteiger partial charge in [0.1, 0.15) is 0 Å². The monoisotopic (exact) mass is 397 g/mol. The molecule has 2 aliphatic rings. The Labute approximate surface area is 169 Å². The van der Waals surface area contributed by atoms with Crippen molar-refractivity contribution in [2.75, 3.05) is 45.1 Å². The molecule has 9 nitrogen and oxygen atoms in total.